The van der Waals surface area contributed by atoms with E-state index in [2.05, 4.69) is 82.9 Å². The zero-order valence-corrected chi connectivity index (χ0v) is 20.0. The van der Waals surface area contributed by atoms with Crippen molar-refractivity contribution in [3.05, 3.63) is 70.8 Å². The normalized spacial score (nSPS) is 17.5. The fraction of sp³-hybridized carbons (Fsp3) is 0.435. The van der Waals surface area contributed by atoms with E-state index in [0.29, 0.717) is 6.10 Å². The van der Waals surface area contributed by atoms with E-state index < -0.39 is 0 Å². The van der Waals surface area contributed by atoms with Crippen molar-refractivity contribution >= 4 is 29.9 Å². The molecule has 1 atom stereocenters. The summed E-state index contributed by atoms with van der Waals surface area (Å²) in [5, 5.41) is 6.80. The number of ether oxygens (including phenoxy) is 1. The number of guanidine groups is 1. The Bertz CT molecular complexity index is 796. The van der Waals surface area contributed by atoms with Gasteiger partial charge < -0.3 is 15.4 Å². The van der Waals surface area contributed by atoms with Crippen LogP contribution in [0.2, 0.25) is 0 Å². The summed E-state index contributed by atoms with van der Waals surface area (Å²) in [6, 6.07) is 17.3. The summed E-state index contributed by atoms with van der Waals surface area (Å²) in [6.07, 6.45) is 0.321. The molecule has 1 aliphatic rings. The number of morpholine rings is 1. The van der Waals surface area contributed by atoms with Crippen LogP contribution in [0, 0.1) is 6.92 Å². The lowest BCUT2D eigenvalue weighted by Gasteiger charge is -2.31. The molecule has 2 N–H and O–H groups in total. The number of halogens is 1. The number of benzene rings is 2. The zero-order valence-electron chi connectivity index (χ0n) is 17.6. The lowest BCUT2D eigenvalue weighted by atomic mass is 10.1. The molecule has 0 saturated carbocycles. The minimum atomic E-state index is 0. The number of hydrogen-bond acceptors (Lipinski definition) is 3. The second kappa shape index (κ2) is 12.1. The summed E-state index contributed by atoms with van der Waals surface area (Å²) < 4.78 is 5.64. The average molecular weight is 508 g/mol. The van der Waals surface area contributed by atoms with Crippen LogP contribution in [0.5, 0.6) is 0 Å². The first-order valence-corrected chi connectivity index (χ1v) is 10.0. The van der Waals surface area contributed by atoms with Gasteiger partial charge in [-0.3, -0.25) is 9.89 Å². The summed E-state index contributed by atoms with van der Waals surface area (Å²) in [6.45, 7) is 9.56. The molecule has 0 radical (unpaired) electrons. The van der Waals surface area contributed by atoms with Crippen LogP contribution in [0.25, 0.3) is 0 Å². The summed E-state index contributed by atoms with van der Waals surface area (Å²) in [4.78, 5) is 6.80. The molecule has 29 heavy (non-hydrogen) atoms. The molecular formula is C23H33IN4O. The van der Waals surface area contributed by atoms with Crippen molar-refractivity contribution < 1.29 is 4.74 Å². The highest BCUT2D eigenvalue weighted by Gasteiger charge is 2.16. The highest BCUT2D eigenvalue weighted by molar-refractivity contribution is 14.0. The fourth-order valence-electron chi connectivity index (χ4n) is 3.54. The molecule has 2 aromatic carbocycles. The van der Waals surface area contributed by atoms with Crippen LogP contribution in [0.15, 0.2) is 53.5 Å². The molecule has 0 aliphatic carbocycles. The van der Waals surface area contributed by atoms with Crippen molar-refractivity contribution in [3.63, 3.8) is 0 Å². The molecule has 1 unspecified atom stereocenters. The molecule has 5 nitrogen and oxygen atoms in total. The molecule has 1 heterocycles. The van der Waals surface area contributed by atoms with Gasteiger partial charge in [-0.1, -0.05) is 54.1 Å². The van der Waals surface area contributed by atoms with Gasteiger partial charge in [-0.05, 0) is 30.5 Å². The third-order valence-electron chi connectivity index (χ3n) is 4.95. The number of rotatable bonds is 6. The van der Waals surface area contributed by atoms with Gasteiger partial charge in [-0.25, -0.2) is 0 Å². The summed E-state index contributed by atoms with van der Waals surface area (Å²) in [7, 11) is 1.81. The van der Waals surface area contributed by atoms with E-state index in [9.17, 15) is 0 Å². The van der Waals surface area contributed by atoms with Crippen LogP contribution >= 0.6 is 24.0 Å². The van der Waals surface area contributed by atoms with Gasteiger partial charge in [0, 0.05) is 39.8 Å². The van der Waals surface area contributed by atoms with Crippen LogP contribution in [-0.4, -0.2) is 43.7 Å². The number of aliphatic imine (C=N–C) groups is 1. The van der Waals surface area contributed by atoms with Crippen LogP contribution in [0.1, 0.15) is 29.2 Å². The van der Waals surface area contributed by atoms with E-state index in [-0.39, 0.29) is 24.0 Å². The van der Waals surface area contributed by atoms with Gasteiger partial charge in [0.2, 0.25) is 0 Å². The van der Waals surface area contributed by atoms with Crippen molar-refractivity contribution in [2.24, 2.45) is 4.99 Å². The molecule has 0 bridgehead atoms. The van der Waals surface area contributed by atoms with Crippen LogP contribution in [-0.2, 0) is 24.4 Å². The standard InChI is InChI=1S/C23H32N4O.HI/c1-18-6-4-7-20(12-18)14-25-23(24-3)26-15-21-8-5-9-22(13-21)17-27-10-11-28-19(2)16-27;/h4-9,12-13,19H,10-11,14-17H2,1-3H3,(H2,24,25,26);1H. The molecular weight excluding hydrogens is 475 g/mol. The molecule has 2 aromatic rings. The number of nitrogens with zero attached hydrogens (tertiary/aromatic N) is 2. The number of nitrogens with one attached hydrogen (secondary N) is 2. The van der Waals surface area contributed by atoms with E-state index in [1.807, 2.05) is 7.05 Å². The Morgan fingerprint density at radius 1 is 1.07 bits per heavy atom. The van der Waals surface area contributed by atoms with Gasteiger partial charge in [0.15, 0.2) is 5.96 Å². The first-order valence-electron chi connectivity index (χ1n) is 10.0. The average Bonchev–Trinajstić information content (AvgIpc) is 2.68. The highest BCUT2D eigenvalue weighted by Crippen LogP contribution is 2.12. The Hall–Kier alpha value is -1.64. The molecule has 1 aliphatic heterocycles. The van der Waals surface area contributed by atoms with Gasteiger partial charge in [0.05, 0.1) is 12.7 Å². The summed E-state index contributed by atoms with van der Waals surface area (Å²) in [5.74, 6) is 0.814. The predicted octanol–water partition coefficient (Wildman–Crippen LogP) is 3.70. The largest absolute Gasteiger partial charge is 0.376 e. The topological polar surface area (TPSA) is 48.9 Å². The lowest BCUT2D eigenvalue weighted by Crippen LogP contribution is -2.40. The van der Waals surface area contributed by atoms with Gasteiger partial charge >= 0.3 is 0 Å². The first kappa shape index (κ1) is 23.6. The molecule has 6 heteroatoms. The Morgan fingerprint density at radius 3 is 2.38 bits per heavy atom. The molecule has 1 saturated heterocycles. The Kier molecular flexibility index (Phi) is 9.90. The van der Waals surface area contributed by atoms with Crippen molar-refractivity contribution in [1.82, 2.24) is 15.5 Å². The monoisotopic (exact) mass is 508 g/mol. The Balaban J connectivity index is 0.00000300. The third kappa shape index (κ3) is 7.95. The van der Waals surface area contributed by atoms with E-state index in [0.717, 1.165) is 45.3 Å². The minimum absolute atomic E-state index is 0. The lowest BCUT2D eigenvalue weighted by molar-refractivity contribution is -0.0212. The summed E-state index contributed by atoms with van der Waals surface area (Å²) in [5.41, 5.74) is 5.13. The zero-order chi connectivity index (χ0) is 19.8. The smallest absolute Gasteiger partial charge is 0.191 e. The first-order chi connectivity index (χ1) is 13.6. The molecule has 0 amide bonds. The molecule has 1 fully saturated rings. The maximum atomic E-state index is 5.64. The number of aryl methyl sites for hydroxylation is 1. The maximum Gasteiger partial charge on any atom is 0.191 e. The van der Waals surface area contributed by atoms with E-state index in [1.165, 1.54) is 22.3 Å². The van der Waals surface area contributed by atoms with Gasteiger partial charge in [0.1, 0.15) is 0 Å². The van der Waals surface area contributed by atoms with E-state index in [4.69, 9.17) is 4.74 Å². The van der Waals surface area contributed by atoms with Crippen LogP contribution < -0.4 is 10.6 Å². The Morgan fingerprint density at radius 2 is 1.72 bits per heavy atom. The summed E-state index contributed by atoms with van der Waals surface area (Å²) >= 11 is 0. The van der Waals surface area contributed by atoms with Crippen molar-refractivity contribution in [2.45, 2.75) is 39.6 Å². The Labute approximate surface area is 192 Å². The minimum Gasteiger partial charge on any atom is -0.376 e. The van der Waals surface area contributed by atoms with Gasteiger partial charge in [-0.15, -0.1) is 24.0 Å². The van der Waals surface area contributed by atoms with Crippen LogP contribution in [0.4, 0.5) is 0 Å². The third-order valence-corrected chi connectivity index (χ3v) is 4.95. The SMILES string of the molecule is CN=C(NCc1cccc(C)c1)NCc1cccc(CN2CCOC(C)C2)c1.I. The predicted molar refractivity (Wildman–Crippen MR) is 131 cm³/mol. The van der Waals surface area contributed by atoms with Gasteiger partial charge in [0.25, 0.3) is 0 Å². The second-order valence-corrected chi connectivity index (χ2v) is 7.50. The maximum absolute atomic E-state index is 5.64. The quantitative estimate of drug-likeness (QED) is 0.355. The molecule has 3 rings (SSSR count). The van der Waals surface area contributed by atoms with Crippen LogP contribution in [0.3, 0.4) is 0 Å². The number of hydrogen-bond donors (Lipinski definition) is 2. The molecule has 0 aromatic heterocycles. The van der Waals surface area contributed by atoms with Crippen molar-refractivity contribution in [2.75, 3.05) is 26.7 Å². The van der Waals surface area contributed by atoms with Gasteiger partial charge in [-0.2, -0.15) is 0 Å². The molecule has 0 spiro atoms. The van der Waals surface area contributed by atoms with Crippen molar-refractivity contribution in [1.29, 1.82) is 0 Å². The van der Waals surface area contributed by atoms with E-state index in [1.54, 1.807) is 0 Å². The fourth-order valence-corrected chi connectivity index (χ4v) is 3.54. The van der Waals surface area contributed by atoms with E-state index >= 15 is 0 Å². The van der Waals surface area contributed by atoms with Crippen molar-refractivity contribution in [3.8, 4) is 0 Å². The second-order valence-electron chi connectivity index (χ2n) is 7.50. The molecule has 158 valence electrons. The highest BCUT2D eigenvalue weighted by atomic mass is 127.